The van der Waals surface area contributed by atoms with Gasteiger partial charge in [-0.05, 0) is 13.0 Å². The molecule has 0 fully saturated rings. The average molecular weight is 300 g/mol. The van der Waals surface area contributed by atoms with Crippen LogP contribution in [0.4, 0.5) is 14.5 Å². The summed E-state index contributed by atoms with van der Waals surface area (Å²) in [5, 5.41) is 19.7. The number of nitro benzene ring substituents is 1. The summed E-state index contributed by atoms with van der Waals surface area (Å²) in [5.74, 6) is -1.42. The minimum atomic E-state index is -3.25. The number of ether oxygens (including phenoxy) is 2. The molecule has 1 aromatic rings. The van der Waals surface area contributed by atoms with Crippen LogP contribution in [0.1, 0.15) is 18.1 Å². The molecule has 0 aromatic heterocycles. The molecule has 0 saturated heterocycles. The number of carbonyl (C=O) groups is 1. The van der Waals surface area contributed by atoms with E-state index in [1.54, 1.807) is 6.07 Å². The van der Waals surface area contributed by atoms with Crippen molar-refractivity contribution in [1.82, 2.24) is 0 Å². The highest BCUT2D eigenvalue weighted by Gasteiger charge is 2.25. The van der Waals surface area contributed by atoms with Crippen molar-refractivity contribution in [1.29, 1.82) is 5.26 Å². The summed E-state index contributed by atoms with van der Waals surface area (Å²) in [6.07, 6.45) is -0.613. The lowest BCUT2D eigenvalue weighted by molar-refractivity contribution is -0.385. The zero-order valence-electron chi connectivity index (χ0n) is 10.8. The Balaban J connectivity index is 3.36. The number of alkyl halides is 2. The molecule has 112 valence electrons. The number of benzene rings is 1. The van der Waals surface area contributed by atoms with Crippen molar-refractivity contribution < 1.29 is 28.0 Å². The van der Waals surface area contributed by atoms with Crippen molar-refractivity contribution in [3.63, 3.8) is 0 Å². The first-order chi connectivity index (χ1) is 9.88. The highest BCUT2D eigenvalue weighted by molar-refractivity contribution is 5.76. The highest BCUT2D eigenvalue weighted by atomic mass is 19.3. The van der Waals surface area contributed by atoms with Gasteiger partial charge < -0.3 is 9.47 Å². The molecule has 0 saturated carbocycles. The molecule has 1 aromatic carbocycles. The van der Waals surface area contributed by atoms with E-state index in [-0.39, 0.29) is 17.7 Å². The van der Waals surface area contributed by atoms with E-state index in [1.165, 1.54) is 6.92 Å². The van der Waals surface area contributed by atoms with Gasteiger partial charge in [-0.15, -0.1) is 0 Å². The number of hydrogen-bond donors (Lipinski definition) is 0. The lowest BCUT2D eigenvalue weighted by Crippen LogP contribution is -2.13. The van der Waals surface area contributed by atoms with Gasteiger partial charge in [-0.1, -0.05) is 0 Å². The van der Waals surface area contributed by atoms with Gasteiger partial charge in [0.2, 0.25) is 0 Å². The fraction of sp³-hybridized carbons (Fsp3) is 0.333. The van der Waals surface area contributed by atoms with E-state index < -0.39 is 35.4 Å². The SMILES string of the molecule is CCOC(=O)Cc1c(OC(F)F)cc(C#N)cc1[N+](=O)[O-]. The van der Waals surface area contributed by atoms with Crippen molar-refractivity contribution in [2.24, 2.45) is 0 Å². The minimum Gasteiger partial charge on any atom is -0.466 e. The molecular weight excluding hydrogens is 290 g/mol. The van der Waals surface area contributed by atoms with Crippen molar-refractivity contribution >= 4 is 11.7 Å². The molecule has 0 atom stereocenters. The predicted octanol–water partition coefficient (Wildman–Crippen LogP) is 2.17. The van der Waals surface area contributed by atoms with Gasteiger partial charge in [0.25, 0.3) is 5.69 Å². The van der Waals surface area contributed by atoms with Crippen LogP contribution in [-0.4, -0.2) is 24.1 Å². The topological polar surface area (TPSA) is 102 Å². The second-order valence-electron chi connectivity index (χ2n) is 3.70. The summed E-state index contributed by atoms with van der Waals surface area (Å²) in [6.45, 7) is -1.69. The number of hydrogen-bond acceptors (Lipinski definition) is 6. The van der Waals surface area contributed by atoms with Crippen molar-refractivity contribution in [3.05, 3.63) is 33.4 Å². The van der Waals surface area contributed by atoms with Crippen LogP contribution in [0.5, 0.6) is 5.75 Å². The fourth-order valence-electron chi connectivity index (χ4n) is 1.59. The monoisotopic (exact) mass is 300 g/mol. The summed E-state index contributed by atoms with van der Waals surface area (Å²) >= 11 is 0. The fourth-order valence-corrected chi connectivity index (χ4v) is 1.59. The molecule has 7 nitrogen and oxygen atoms in total. The van der Waals surface area contributed by atoms with Crippen LogP contribution in [0.15, 0.2) is 12.1 Å². The van der Waals surface area contributed by atoms with E-state index in [2.05, 4.69) is 9.47 Å². The van der Waals surface area contributed by atoms with E-state index in [4.69, 9.17) is 5.26 Å². The van der Waals surface area contributed by atoms with Crippen molar-refractivity contribution in [2.45, 2.75) is 20.0 Å². The van der Waals surface area contributed by atoms with Gasteiger partial charge in [-0.25, -0.2) is 0 Å². The smallest absolute Gasteiger partial charge is 0.387 e. The van der Waals surface area contributed by atoms with E-state index >= 15 is 0 Å². The van der Waals surface area contributed by atoms with Crippen LogP contribution < -0.4 is 4.74 Å². The van der Waals surface area contributed by atoms with Crippen LogP contribution in [0.3, 0.4) is 0 Å². The molecule has 0 radical (unpaired) electrons. The summed E-state index contributed by atoms with van der Waals surface area (Å²) in [5.41, 5.74) is -1.25. The molecule has 0 aliphatic heterocycles. The second-order valence-corrected chi connectivity index (χ2v) is 3.70. The number of nitro groups is 1. The number of esters is 1. The van der Waals surface area contributed by atoms with Crippen molar-refractivity contribution in [3.8, 4) is 11.8 Å². The molecule has 0 N–H and O–H groups in total. The Morgan fingerprint density at radius 2 is 2.19 bits per heavy atom. The molecule has 0 bridgehead atoms. The van der Waals surface area contributed by atoms with Gasteiger partial charge in [0.05, 0.1) is 35.1 Å². The first-order valence-corrected chi connectivity index (χ1v) is 5.70. The molecule has 0 spiro atoms. The molecule has 0 unspecified atom stereocenters. The van der Waals surface area contributed by atoms with E-state index in [0.29, 0.717) is 0 Å². The maximum atomic E-state index is 12.4. The van der Waals surface area contributed by atoms with E-state index in [9.17, 15) is 23.7 Å². The van der Waals surface area contributed by atoms with Gasteiger partial charge in [-0.2, -0.15) is 14.0 Å². The van der Waals surface area contributed by atoms with Gasteiger partial charge in [0, 0.05) is 6.07 Å². The Morgan fingerprint density at radius 3 is 2.67 bits per heavy atom. The van der Waals surface area contributed by atoms with E-state index in [1.807, 2.05) is 0 Å². The molecular formula is C12H10F2N2O5. The Hall–Kier alpha value is -2.76. The zero-order chi connectivity index (χ0) is 16.0. The first-order valence-electron chi connectivity index (χ1n) is 5.70. The van der Waals surface area contributed by atoms with Crippen LogP contribution >= 0.6 is 0 Å². The lowest BCUT2D eigenvalue weighted by atomic mass is 10.1. The first kappa shape index (κ1) is 16.3. The molecule has 0 heterocycles. The van der Waals surface area contributed by atoms with Crippen molar-refractivity contribution in [2.75, 3.05) is 6.61 Å². The van der Waals surface area contributed by atoms with Crippen LogP contribution in [-0.2, 0) is 16.0 Å². The molecule has 21 heavy (non-hydrogen) atoms. The normalized spacial score (nSPS) is 10.0. The third-order valence-electron chi connectivity index (χ3n) is 2.35. The Labute approximate surface area is 117 Å². The zero-order valence-corrected chi connectivity index (χ0v) is 10.8. The third-order valence-corrected chi connectivity index (χ3v) is 2.35. The van der Waals surface area contributed by atoms with Gasteiger partial charge >= 0.3 is 12.6 Å². The van der Waals surface area contributed by atoms with Gasteiger partial charge in [0.1, 0.15) is 5.75 Å². The lowest BCUT2D eigenvalue weighted by Gasteiger charge is -2.11. The van der Waals surface area contributed by atoms with Gasteiger partial charge in [0.15, 0.2) is 0 Å². The number of nitrogens with zero attached hydrogens (tertiary/aromatic N) is 2. The second kappa shape index (κ2) is 7.14. The van der Waals surface area contributed by atoms with E-state index in [0.717, 1.165) is 12.1 Å². The van der Waals surface area contributed by atoms with Gasteiger partial charge in [-0.3, -0.25) is 14.9 Å². The molecule has 9 heteroatoms. The summed E-state index contributed by atoms with van der Waals surface area (Å²) < 4.78 is 33.5. The minimum absolute atomic E-state index is 0.0357. The third kappa shape index (κ3) is 4.38. The standard InChI is InChI=1S/C12H10F2N2O5/c1-2-20-11(17)5-8-9(16(18)19)3-7(6-15)4-10(8)21-12(13)14/h3-4,12H,2,5H2,1H3. The quantitative estimate of drug-likeness (QED) is 0.453. The Kier molecular flexibility index (Phi) is 5.54. The predicted molar refractivity (Wildman–Crippen MR) is 64.8 cm³/mol. The highest BCUT2D eigenvalue weighted by Crippen LogP contribution is 2.32. The van der Waals surface area contributed by atoms with Crippen LogP contribution in [0, 0.1) is 21.4 Å². The largest absolute Gasteiger partial charge is 0.466 e. The van der Waals surface area contributed by atoms with Crippen LogP contribution in [0.2, 0.25) is 0 Å². The summed E-state index contributed by atoms with van der Waals surface area (Å²) in [4.78, 5) is 21.5. The number of nitriles is 1. The Morgan fingerprint density at radius 1 is 1.52 bits per heavy atom. The molecule has 0 amide bonds. The molecule has 0 aliphatic rings. The molecule has 0 aliphatic carbocycles. The molecule has 1 rings (SSSR count). The number of rotatable bonds is 6. The maximum Gasteiger partial charge on any atom is 0.387 e. The summed E-state index contributed by atoms with van der Waals surface area (Å²) in [6, 6.07) is 3.39. The van der Waals surface area contributed by atoms with Crippen LogP contribution in [0.25, 0.3) is 0 Å². The number of halogens is 2. The number of carbonyl (C=O) groups excluding carboxylic acids is 1. The summed E-state index contributed by atoms with van der Waals surface area (Å²) in [7, 11) is 0. The maximum absolute atomic E-state index is 12.4. The Bertz CT molecular complexity index is 598. The average Bonchev–Trinajstić information content (AvgIpc) is 2.39.